The summed E-state index contributed by atoms with van der Waals surface area (Å²) >= 11 is 6.16. The number of hydrogen-bond donors (Lipinski definition) is 0. The van der Waals surface area contributed by atoms with Crippen LogP contribution in [-0.2, 0) is 4.74 Å². The molecule has 0 radical (unpaired) electrons. The van der Waals surface area contributed by atoms with Crippen LogP contribution < -0.4 is 0 Å². The molecule has 1 aromatic carbocycles. The van der Waals surface area contributed by atoms with Gasteiger partial charge in [-0.25, -0.2) is 4.79 Å². The van der Waals surface area contributed by atoms with Crippen LogP contribution >= 0.6 is 11.6 Å². The first kappa shape index (κ1) is 17.6. The van der Waals surface area contributed by atoms with E-state index in [1.54, 1.807) is 21.9 Å². The molecule has 1 aliphatic rings. The Morgan fingerprint density at radius 2 is 1.65 bits per heavy atom. The van der Waals surface area contributed by atoms with Gasteiger partial charge >= 0.3 is 6.09 Å². The lowest BCUT2D eigenvalue weighted by Crippen LogP contribution is -2.51. The first-order valence-corrected chi connectivity index (χ1v) is 8.08. The molecule has 0 atom stereocenters. The topological polar surface area (TPSA) is 49.9 Å². The van der Waals surface area contributed by atoms with Gasteiger partial charge < -0.3 is 14.5 Å². The Morgan fingerprint density at radius 1 is 1.09 bits per heavy atom. The molecule has 0 bridgehead atoms. The van der Waals surface area contributed by atoms with Crippen molar-refractivity contribution in [3.63, 3.8) is 0 Å². The van der Waals surface area contributed by atoms with Gasteiger partial charge in [0.15, 0.2) is 0 Å². The molecule has 1 heterocycles. The molecule has 23 heavy (non-hydrogen) atoms. The summed E-state index contributed by atoms with van der Waals surface area (Å²) in [7, 11) is 0. The van der Waals surface area contributed by atoms with E-state index < -0.39 is 5.60 Å². The molecule has 2 amide bonds. The molecule has 0 spiro atoms. The van der Waals surface area contributed by atoms with Gasteiger partial charge in [0.2, 0.25) is 0 Å². The van der Waals surface area contributed by atoms with Gasteiger partial charge in [-0.15, -0.1) is 0 Å². The predicted octanol–water partition coefficient (Wildman–Crippen LogP) is 3.34. The van der Waals surface area contributed by atoms with Gasteiger partial charge in [-0.2, -0.15) is 0 Å². The lowest BCUT2D eigenvalue weighted by atomic mass is 10.1. The predicted molar refractivity (Wildman–Crippen MR) is 89.9 cm³/mol. The van der Waals surface area contributed by atoms with Gasteiger partial charge in [0, 0.05) is 26.2 Å². The number of carbonyl (C=O) groups is 2. The maximum Gasteiger partial charge on any atom is 0.410 e. The van der Waals surface area contributed by atoms with Gasteiger partial charge in [0.25, 0.3) is 5.91 Å². The fourth-order valence-electron chi connectivity index (χ4n) is 2.38. The van der Waals surface area contributed by atoms with Crippen molar-refractivity contribution in [2.24, 2.45) is 0 Å². The standard InChI is InChI=1S/C17H23ClN2O3/c1-12-5-6-13(14(18)11-12)15(21)19-7-9-20(10-8-19)16(22)23-17(2,3)4/h5-6,11H,7-10H2,1-4H3. The number of benzene rings is 1. The monoisotopic (exact) mass is 338 g/mol. The van der Waals surface area contributed by atoms with Crippen molar-refractivity contribution < 1.29 is 14.3 Å². The Balaban J connectivity index is 1.96. The molecule has 0 N–H and O–H groups in total. The Labute approximate surface area is 142 Å². The van der Waals surface area contributed by atoms with E-state index in [1.165, 1.54) is 0 Å². The van der Waals surface area contributed by atoms with Crippen molar-refractivity contribution in [1.29, 1.82) is 0 Å². The van der Waals surface area contributed by atoms with Crippen molar-refractivity contribution >= 4 is 23.6 Å². The molecule has 1 saturated heterocycles. The Bertz CT molecular complexity index is 602. The van der Waals surface area contributed by atoms with E-state index in [4.69, 9.17) is 16.3 Å². The number of hydrogen-bond acceptors (Lipinski definition) is 3. The molecule has 126 valence electrons. The zero-order valence-corrected chi connectivity index (χ0v) is 14.8. The van der Waals surface area contributed by atoms with Crippen LogP contribution in [-0.4, -0.2) is 53.6 Å². The van der Waals surface area contributed by atoms with Gasteiger partial charge in [0.1, 0.15) is 5.60 Å². The van der Waals surface area contributed by atoms with E-state index in [0.717, 1.165) is 5.56 Å². The highest BCUT2D eigenvalue weighted by molar-refractivity contribution is 6.33. The summed E-state index contributed by atoms with van der Waals surface area (Å²) in [6.07, 6.45) is -0.335. The molecule has 1 aliphatic heterocycles. The van der Waals surface area contributed by atoms with Gasteiger partial charge in [-0.1, -0.05) is 17.7 Å². The van der Waals surface area contributed by atoms with Gasteiger partial charge in [-0.05, 0) is 45.4 Å². The minimum atomic E-state index is -0.514. The second kappa shape index (κ2) is 6.79. The molecule has 1 fully saturated rings. The van der Waals surface area contributed by atoms with Crippen LogP contribution in [0.5, 0.6) is 0 Å². The van der Waals surface area contributed by atoms with E-state index >= 15 is 0 Å². The highest BCUT2D eigenvalue weighted by Gasteiger charge is 2.28. The average Bonchev–Trinajstić information content (AvgIpc) is 2.45. The van der Waals surface area contributed by atoms with Crippen molar-refractivity contribution in [2.75, 3.05) is 26.2 Å². The highest BCUT2D eigenvalue weighted by atomic mass is 35.5. The number of rotatable bonds is 1. The quantitative estimate of drug-likeness (QED) is 0.789. The van der Waals surface area contributed by atoms with E-state index in [1.807, 2.05) is 33.8 Å². The number of amides is 2. The molecule has 0 unspecified atom stereocenters. The van der Waals surface area contributed by atoms with Crippen LogP contribution in [0.2, 0.25) is 5.02 Å². The summed E-state index contributed by atoms with van der Waals surface area (Å²) in [6, 6.07) is 5.40. The highest BCUT2D eigenvalue weighted by Crippen LogP contribution is 2.20. The first-order valence-electron chi connectivity index (χ1n) is 7.71. The summed E-state index contributed by atoms with van der Waals surface area (Å²) in [6.45, 7) is 9.32. The molecule has 5 nitrogen and oxygen atoms in total. The molecular formula is C17H23ClN2O3. The van der Waals surface area contributed by atoms with Crippen molar-refractivity contribution in [2.45, 2.75) is 33.3 Å². The van der Waals surface area contributed by atoms with Crippen molar-refractivity contribution in [3.8, 4) is 0 Å². The second-order valence-electron chi connectivity index (χ2n) is 6.74. The molecule has 0 aromatic heterocycles. The average molecular weight is 339 g/mol. The molecule has 0 aliphatic carbocycles. The minimum absolute atomic E-state index is 0.0983. The van der Waals surface area contributed by atoms with E-state index in [-0.39, 0.29) is 12.0 Å². The SMILES string of the molecule is Cc1ccc(C(=O)N2CCN(C(=O)OC(C)(C)C)CC2)c(Cl)c1. The lowest BCUT2D eigenvalue weighted by Gasteiger charge is -2.35. The summed E-state index contributed by atoms with van der Waals surface area (Å²) in [4.78, 5) is 27.9. The van der Waals surface area contributed by atoms with Crippen LogP contribution in [0.4, 0.5) is 4.79 Å². The molecular weight excluding hydrogens is 316 g/mol. The van der Waals surface area contributed by atoms with Crippen molar-refractivity contribution in [1.82, 2.24) is 9.80 Å². The number of aryl methyl sites for hydroxylation is 1. The summed E-state index contributed by atoms with van der Waals surface area (Å²) in [5.41, 5.74) is 1.00. The number of nitrogens with zero attached hydrogens (tertiary/aromatic N) is 2. The first-order chi connectivity index (χ1) is 10.7. The van der Waals surface area contributed by atoms with E-state index in [9.17, 15) is 9.59 Å². The summed E-state index contributed by atoms with van der Waals surface area (Å²) < 4.78 is 5.35. The van der Waals surface area contributed by atoms with E-state index in [2.05, 4.69) is 0 Å². The second-order valence-corrected chi connectivity index (χ2v) is 7.15. The fourth-order valence-corrected chi connectivity index (χ4v) is 2.70. The number of halogens is 1. The van der Waals surface area contributed by atoms with Gasteiger partial charge in [0.05, 0.1) is 10.6 Å². The fraction of sp³-hybridized carbons (Fsp3) is 0.529. The Morgan fingerprint density at radius 3 is 2.17 bits per heavy atom. The Hall–Kier alpha value is -1.75. The largest absolute Gasteiger partial charge is 0.444 e. The van der Waals surface area contributed by atoms with Crippen LogP contribution in [0.3, 0.4) is 0 Å². The lowest BCUT2D eigenvalue weighted by molar-refractivity contribution is 0.0141. The van der Waals surface area contributed by atoms with Crippen LogP contribution in [0.15, 0.2) is 18.2 Å². The van der Waals surface area contributed by atoms with Gasteiger partial charge in [-0.3, -0.25) is 4.79 Å². The summed E-state index contributed by atoms with van der Waals surface area (Å²) in [5, 5.41) is 0.463. The van der Waals surface area contributed by atoms with Crippen LogP contribution in [0, 0.1) is 6.92 Å². The molecule has 0 saturated carbocycles. The van der Waals surface area contributed by atoms with Crippen LogP contribution in [0.25, 0.3) is 0 Å². The molecule has 1 aromatic rings. The smallest absolute Gasteiger partial charge is 0.410 e. The van der Waals surface area contributed by atoms with Crippen molar-refractivity contribution in [3.05, 3.63) is 34.3 Å². The molecule has 2 rings (SSSR count). The zero-order valence-electron chi connectivity index (χ0n) is 14.1. The number of carbonyl (C=O) groups excluding carboxylic acids is 2. The summed E-state index contributed by atoms with van der Waals surface area (Å²) in [5.74, 6) is -0.0983. The maximum absolute atomic E-state index is 12.5. The van der Waals surface area contributed by atoms with Crippen LogP contribution in [0.1, 0.15) is 36.7 Å². The minimum Gasteiger partial charge on any atom is -0.444 e. The maximum atomic E-state index is 12.5. The number of ether oxygens (including phenoxy) is 1. The third-order valence-electron chi connectivity index (χ3n) is 3.57. The third-order valence-corrected chi connectivity index (χ3v) is 3.89. The third kappa shape index (κ3) is 4.61. The van der Waals surface area contributed by atoms with E-state index in [0.29, 0.717) is 36.8 Å². The normalized spacial score (nSPS) is 15.5. The Kier molecular flexibility index (Phi) is 5.19. The number of piperazine rings is 1. The zero-order chi connectivity index (χ0) is 17.2. The molecule has 6 heteroatoms.